The number of hydrazine groups is 1. The lowest BCUT2D eigenvalue weighted by molar-refractivity contribution is -0.137. The number of rotatable bonds is 4. The van der Waals surface area contributed by atoms with E-state index in [-0.39, 0.29) is 18.2 Å². The fourth-order valence-corrected chi connectivity index (χ4v) is 4.82. The predicted octanol–water partition coefficient (Wildman–Crippen LogP) is 4.21. The van der Waals surface area contributed by atoms with Crippen molar-refractivity contribution in [3.63, 3.8) is 0 Å². The number of fused-ring (bicyclic) bond motifs is 1. The predicted molar refractivity (Wildman–Crippen MR) is 120 cm³/mol. The molecule has 2 aromatic carbocycles. The Labute approximate surface area is 190 Å². The van der Waals surface area contributed by atoms with Gasteiger partial charge in [0.2, 0.25) is 0 Å². The van der Waals surface area contributed by atoms with Crippen LogP contribution in [-0.4, -0.2) is 33.8 Å². The van der Waals surface area contributed by atoms with Crippen molar-refractivity contribution in [1.82, 2.24) is 25.5 Å². The van der Waals surface area contributed by atoms with Gasteiger partial charge in [0.1, 0.15) is 0 Å². The number of nitrogens with one attached hydrogen (secondary N) is 3. The average molecular weight is 457 g/mol. The molecule has 0 aliphatic carbocycles. The fourth-order valence-electron chi connectivity index (χ4n) is 4.82. The Kier molecular flexibility index (Phi) is 5.86. The lowest BCUT2D eigenvalue weighted by Gasteiger charge is -2.43. The van der Waals surface area contributed by atoms with E-state index in [9.17, 15) is 13.2 Å². The van der Waals surface area contributed by atoms with Gasteiger partial charge < -0.3 is 5.32 Å². The molecule has 0 radical (unpaired) electrons. The smallest absolute Gasteiger partial charge is 0.382 e. The van der Waals surface area contributed by atoms with Crippen LogP contribution < -0.4 is 16.2 Å². The first-order valence-electron chi connectivity index (χ1n) is 11.2. The quantitative estimate of drug-likeness (QED) is 0.549. The van der Waals surface area contributed by atoms with Gasteiger partial charge in [-0.25, -0.2) is 10.9 Å². The van der Waals surface area contributed by atoms with Crippen molar-refractivity contribution in [1.29, 1.82) is 0 Å². The summed E-state index contributed by atoms with van der Waals surface area (Å²) in [5.41, 5.74) is 10.6. The number of aromatic nitrogens is 2. The zero-order valence-corrected chi connectivity index (χ0v) is 18.3. The Hall–Kier alpha value is -2.88. The third-order valence-corrected chi connectivity index (χ3v) is 6.60. The van der Waals surface area contributed by atoms with Crippen molar-refractivity contribution in [3.05, 3.63) is 83.2 Å². The summed E-state index contributed by atoms with van der Waals surface area (Å²) in [7, 11) is 1.94. The van der Waals surface area contributed by atoms with Crippen LogP contribution in [0.15, 0.2) is 60.8 Å². The molecular formula is C24H27F3N6. The van der Waals surface area contributed by atoms with E-state index < -0.39 is 11.7 Å². The maximum absolute atomic E-state index is 12.8. The first-order chi connectivity index (χ1) is 15.9. The first-order valence-corrected chi connectivity index (χ1v) is 11.2. The summed E-state index contributed by atoms with van der Waals surface area (Å²) in [5, 5.41) is 7.70. The number of nitrogens with zero attached hydrogens (tertiary/aromatic N) is 3. The lowest BCUT2D eigenvalue weighted by Crippen LogP contribution is -2.53. The normalized spacial score (nSPS) is 22.2. The van der Waals surface area contributed by atoms with Crippen LogP contribution in [0, 0.1) is 0 Å². The van der Waals surface area contributed by atoms with E-state index in [2.05, 4.69) is 50.4 Å². The minimum absolute atomic E-state index is 0.0174. The number of halogens is 3. The molecule has 3 N–H and O–H groups in total. The van der Waals surface area contributed by atoms with Crippen LogP contribution in [0.25, 0.3) is 0 Å². The van der Waals surface area contributed by atoms with Crippen molar-refractivity contribution >= 4 is 5.69 Å². The van der Waals surface area contributed by atoms with Crippen LogP contribution in [0.2, 0.25) is 0 Å². The van der Waals surface area contributed by atoms with Gasteiger partial charge in [-0.15, -0.1) is 0 Å². The van der Waals surface area contributed by atoms with E-state index >= 15 is 0 Å². The molecular weight excluding hydrogens is 429 g/mol. The molecule has 1 aromatic heterocycles. The van der Waals surface area contributed by atoms with E-state index in [0.717, 1.165) is 49.4 Å². The number of likely N-dealkylation sites (tertiary alicyclic amines) is 1. The number of aryl methyl sites for hydroxylation is 1. The zero-order chi connectivity index (χ0) is 23.0. The fraction of sp³-hybridized carbons (Fsp3) is 0.375. The summed E-state index contributed by atoms with van der Waals surface area (Å²) in [4.78, 5) is 2.41. The molecule has 3 aromatic rings. The van der Waals surface area contributed by atoms with E-state index in [1.807, 2.05) is 17.8 Å². The minimum atomic E-state index is -4.31. The van der Waals surface area contributed by atoms with E-state index in [1.54, 1.807) is 6.20 Å². The standard InChI is InChI=1S/C24H27F3N6/c1-32-21(10-13-28-32)22-19-4-2-3-5-20(19)23(31-30-22)33-14-11-18(12-15-33)29-17-8-6-16(7-9-17)24(25,26)27/h2-10,13,18,22-23,29-31H,11-12,14-15H2,1H3. The first kappa shape index (κ1) is 21.9. The lowest BCUT2D eigenvalue weighted by atomic mass is 9.93. The van der Waals surface area contributed by atoms with E-state index in [0.29, 0.717) is 0 Å². The Morgan fingerprint density at radius 2 is 1.64 bits per heavy atom. The Morgan fingerprint density at radius 1 is 0.939 bits per heavy atom. The molecule has 0 spiro atoms. The van der Waals surface area contributed by atoms with Gasteiger partial charge in [-0.05, 0) is 54.3 Å². The Bertz CT molecular complexity index is 1090. The largest absolute Gasteiger partial charge is 0.416 e. The molecule has 2 aliphatic heterocycles. The topological polar surface area (TPSA) is 57.2 Å². The van der Waals surface area contributed by atoms with E-state index in [1.165, 1.54) is 23.3 Å². The van der Waals surface area contributed by atoms with Gasteiger partial charge in [0.05, 0.1) is 23.5 Å². The molecule has 3 heterocycles. The highest BCUT2D eigenvalue weighted by Crippen LogP contribution is 2.35. The molecule has 33 heavy (non-hydrogen) atoms. The van der Waals surface area contributed by atoms with Gasteiger partial charge in [-0.3, -0.25) is 9.58 Å². The molecule has 9 heteroatoms. The third kappa shape index (κ3) is 4.48. The molecule has 6 nitrogen and oxygen atoms in total. The maximum atomic E-state index is 12.8. The van der Waals surface area contributed by atoms with Crippen molar-refractivity contribution < 1.29 is 13.2 Å². The SMILES string of the molecule is Cn1nccc1C1NNC(N2CCC(Nc3ccc(C(F)(F)F)cc3)CC2)c2ccccc21. The van der Waals surface area contributed by atoms with Crippen LogP contribution in [0.5, 0.6) is 0 Å². The molecule has 2 aliphatic rings. The second-order valence-corrected chi connectivity index (χ2v) is 8.66. The van der Waals surface area contributed by atoms with Gasteiger partial charge in [0, 0.05) is 38.1 Å². The van der Waals surface area contributed by atoms with Crippen LogP contribution in [0.4, 0.5) is 18.9 Å². The van der Waals surface area contributed by atoms with Gasteiger partial charge in [0.15, 0.2) is 0 Å². The molecule has 1 saturated heterocycles. The Morgan fingerprint density at radius 3 is 2.27 bits per heavy atom. The summed E-state index contributed by atoms with van der Waals surface area (Å²) in [6.07, 6.45) is -0.631. The molecule has 0 saturated carbocycles. The highest BCUT2D eigenvalue weighted by Gasteiger charge is 2.34. The molecule has 174 valence electrons. The second-order valence-electron chi connectivity index (χ2n) is 8.66. The minimum Gasteiger partial charge on any atom is -0.382 e. The molecule has 5 rings (SSSR count). The Balaban J connectivity index is 1.24. The number of hydrogen-bond donors (Lipinski definition) is 3. The van der Waals surface area contributed by atoms with Crippen molar-refractivity contribution in [2.75, 3.05) is 18.4 Å². The molecule has 1 fully saturated rings. The van der Waals surface area contributed by atoms with Crippen LogP contribution >= 0.6 is 0 Å². The number of hydrogen-bond acceptors (Lipinski definition) is 5. The maximum Gasteiger partial charge on any atom is 0.416 e. The zero-order valence-electron chi connectivity index (χ0n) is 18.3. The van der Waals surface area contributed by atoms with Crippen molar-refractivity contribution in [2.24, 2.45) is 7.05 Å². The summed E-state index contributed by atoms with van der Waals surface area (Å²) in [6, 6.07) is 16.0. The van der Waals surface area contributed by atoms with Gasteiger partial charge in [-0.2, -0.15) is 18.3 Å². The van der Waals surface area contributed by atoms with Crippen molar-refractivity contribution in [2.45, 2.75) is 37.3 Å². The summed E-state index contributed by atoms with van der Waals surface area (Å²) >= 11 is 0. The van der Waals surface area contributed by atoms with E-state index in [4.69, 9.17) is 0 Å². The number of benzene rings is 2. The van der Waals surface area contributed by atoms with Gasteiger partial charge >= 0.3 is 6.18 Å². The molecule has 2 unspecified atom stereocenters. The highest BCUT2D eigenvalue weighted by molar-refractivity contribution is 5.46. The van der Waals surface area contributed by atoms with Crippen LogP contribution in [-0.2, 0) is 13.2 Å². The summed E-state index contributed by atoms with van der Waals surface area (Å²) in [5.74, 6) is 0. The number of piperidine rings is 1. The highest BCUT2D eigenvalue weighted by atomic mass is 19.4. The number of anilines is 1. The second kappa shape index (κ2) is 8.81. The molecule has 0 amide bonds. The van der Waals surface area contributed by atoms with Crippen molar-refractivity contribution in [3.8, 4) is 0 Å². The molecule has 0 bridgehead atoms. The van der Waals surface area contributed by atoms with Gasteiger partial charge in [0.25, 0.3) is 0 Å². The summed E-state index contributed by atoms with van der Waals surface area (Å²) < 4.78 is 40.2. The molecule has 2 atom stereocenters. The van der Waals surface area contributed by atoms with Crippen LogP contribution in [0.3, 0.4) is 0 Å². The number of alkyl halides is 3. The average Bonchev–Trinajstić information content (AvgIpc) is 3.24. The third-order valence-electron chi connectivity index (χ3n) is 6.60. The van der Waals surface area contributed by atoms with Gasteiger partial charge in [-0.1, -0.05) is 24.3 Å². The van der Waals surface area contributed by atoms with Crippen LogP contribution in [0.1, 0.15) is 47.4 Å². The summed E-state index contributed by atoms with van der Waals surface area (Å²) in [6.45, 7) is 1.75. The monoisotopic (exact) mass is 456 g/mol.